The van der Waals surface area contributed by atoms with Crippen molar-refractivity contribution in [1.29, 1.82) is 0 Å². The summed E-state index contributed by atoms with van der Waals surface area (Å²) in [5, 5.41) is 9.52. The molecular formula is C10H14O. The van der Waals surface area contributed by atoms with Crippen molar-refractivity contribution in [2.24, 2.45) is 0 Å². The second-order valence-electron chi connectivity index (χ2n) is 2.93. The quantitative estimate of drug-likeness (QED) is 0.481. The fourth-order valence-corrected chi connectivity index (χ4v) is 1.40. The van der Waals surface area contributed by atoms with Gasteiger partial charge in [0.25, 0.3) is 0 Å². The van der Waals surface area contributed by atoms with E-state index in [1.165, 1.54) is 12.0 Å². The minimum absolute atomic E-state index is 0.270. The van der Waals surface area contributed by atoms with Crippen LogP contribution < -0.4 is 0 Å². The summed E-state index contributed by atoms with van der Waals surface area (Å²) in [5.41, 5.74) is 1.19. The molecule has 0 aliphatic heterocycles. The summed E-state index contributed by atoms with van der Waals surface area (Å²) in [7, 11) is 0. The molecule has 11 heavy (non-hydrogen) atoms. The van der Waals surface area contributed by atoms with Gasteiger partial charge in [0.1, 0.15) is 0 Å². The van der Waals surface area contributed by atoms with Gasteiger partial charge in [-0.15, -0.1) is 12.3 Å². The second-order valence-corrected chi connectivity index (χ2v) is 2.93. The van der Waals surface area contributed by atoms with Crippen LogP contribution in [0.5, 0.6) is 0 Å². The summed E-state index contributed by atoms with van der Waals surface area (Å²) in [4.78, 5) is 0. The Labute approximate surface area is 68.1 Å². The van der Waals surface area contributed by atoms with E-state index in [1.54, 1.807) is 0 Å². The zero-order chi connectivity index (χ0) is 8.10. The molecular weight excluding hydrogens is 136 g/mol. The van der Waals surface area contributed by atoms with E-state index >= 15 is 0 Å². The SMILES string of the molecule is C#CCCC(O)C1=CCCC1. The van der Waals surface area contributed by atoms with Crippen LogP contribution in [0.2, 0.25) is 0 Å². The van der Waals surface area contributed by atoms with E-state index < -0.39 is 0 Å². The van der Waals surface area contributed by atoms with Crippen LogP contribution in [0, 0.1) is 12.3 Å². The standard InChI is InChI=1S/C10H14O/c1-2-3-8-10(11)9-6-4-5-7-9/h1,6,10-11H,3-5,7-8H2. The minimum Gasteiger partial charge on any atom is -0.389 e. The molecule has 0 aromatic rings. The van der Waals surface area contributed by atoms with Gasteiger partial charge in [0.05, 0.1) is 6.10 Å². The van der Waals surface area contributed by atoms with Crippen molar-refractivity contribution >= 4 is 0 Å². The lowest BCUT2D eigenvalue weighted by Gasteiger charge is -2.08. The molecule has 0 aromatic heterocycles. The fraction of sp³-hybridized carbons (Fsp3) is 0.600. The van der Waals surface area contributed by atoms with Crippen molar-refractivity contribution in [2.75, 3.05) is 0 Å². The molecule has 60 valence electrons. The van der Waals surface area contributed by atoms with E-state index in [0.717, 1.165) is 19.3 Å². The third-order valence-corrected chi connectivity index (χ3v) is 2.07. The van der Waals surface area contributed by atoms with Gasteiger partial charge in [-0.1, -0.05) is 6.08 Å². The van der Waals surface area contributed by atoms with E-state index in [4.69, 9.17) is 6.42 Å². The summed E-state index contributed by atoms with van der Waals surface area (Å²) < 4.78 is 0. The van der Waals surface area contributed by atoms with E-state index in [1.807, 2.05) is 0 Å². The van der Waals surface area contributed by atoms with Crippen molar-refractivity contribution in [3.8, 4) is 12.3 Å². The lowest BCUT2D eigenvalue weighted by molar-refractivity contribution is 0.199. The molecule has 1 nitrogen and oxygen atoms in total. The van der Waals surface area contributed by atoms with E-state index in [0.29, 0.717) is 6.42 Å². The zero-order valence-electron chi connectivity index (χ0n) is 6.71. The van der Waals surface area contributed by atoms with Crippen LogP contribution in [-0.4, -0.2) is 11.2 Å². The third-order valence-electron chi connectivity index (χ3n) is 2.07. The summed E-state index contributed by atoms with van der Waals surface area (Å²) in [6, 6.07) is 0. The molecule has 1 heteroatoms. The van der Waals surface area contributed by atoms with Crippen LogP contribution in [0.15, 0.2) is 11.6 Å². The molecule has 0 spiro atoms. The average Bonchev–Trinajstić information content (AvgIpc) is 2.52. The maximum absolute atomic E-state index is 9.52. The number of allylic oxidation sites excluding steroid dienone is 1. The largest absolute Gasteiger partial charge is 0.389 e. The molecule has 0 saturated heterocycles. The van der Waals surface area contributed by atoms with Crippen molar-refractivity contribution in [3.05, 3.63) is 11.6 Å². The van der Waals surface area contributed by atoms with Crippen LogP contribution in [0.3, 0.4) is 0 Å². The van der Waals surface area contributed by atoms with Gasteiger partial charge in [0.2, 0.25) is 0 Å². The molecule has 1 aliphatic carbocycles. The first-order chi connectivity index (χ1) is 5.34. The predicted octanol–water partition coefficient (Wildman–Crippen LogP) is 1.87. The molecule has 0 bridgehead atoms. The highest BCUT2D eigenvalue weighted by Crippen LogP contribution is 2.22. The van der Waals surface area contributed by atoms with Crippen LogP contribution in [0.25, 0.3) is 0 Å². The van der Waals surface area contributed by atoms with Gasteiger partial charge in [0, 0.05) is 6.42 Å². The number of terminal acetylenes is 1. The van der Waals surface area contributed by atoms with Gasteiger partial charge in [0.15, 0.2) is 0 Å². The highest BCUT2D eigenvalue weighted by atomic mass is 16.3. The fourth-order valence-electron chi connectivity index (χ4n) is 1.40. The van der Waals surface area contributed by atoms with Crippen LogP contribution in [-0.2, 0) is 0 Å². The average molecular weight is 150 g/mol. The summed E-state index contributed by atoms with van der Waals surface area (Å²) in [6.45, 7) is 0. The maximum atomic E-state index is 9.52. The Hall–Kier alpha value is -0.740. The first kappa shape index (κ1) is 8.36. The molecule has 0 amide bonds. The predicted molar refractivity (Wildman–Crippen MR) is 46.0 cm³/mol. The first-order valence-electron chi connectivity index (χ1n) is 4.15. The van der Waals surface area contributed by atoms with Gasteiger partial charge in [-0.2, -0.15) is 0 Å². The Kier molecular flexibility index (Phi) is 3.19. The molecule has 0 fully saturated rings. The highest BCUT2D eigenvalue weighted by Gasteiger charge is 2.12. The molecule has 1 N–H and O–H groups in total. The van der Waals surface area contributed by atoms with Gasteiger partial charge in [-0.05, 0) is 31.3 Å². The first-order valence-corrected chi connectivity index (χ1v) is 4.15. The Balaban J connectivity index is 2.29. The minimum atomic E-state index is -0.270. The lowest BCUT2D eigenvalue weighted by Crippen LogP contribution is -2.07. The number of rotatable bonds is 3. The molecule has 1 atom stereocenters. The number of aliphatic hydroxyl groups excluding tert-OH is 1. The summed E-state index contributed by atoms with van der Waals surface area (Å²) in [6.07, 6.45) is 11.8. The Morgan fingerprint density at radius 1 is 1.73 bits per heavy atom. The summed E-state index contributed by atoms with van der Waals surface area (Å²) >= 11 is 0. The van der Waals surface area contributed by atoms with Gasteiger partial charge >= 0.3 is 0 Å². The molecule has 0 radical (unpaired) electrons. The van der Waals surface area contributed by atoms with E-state index in [9.17, 15) is 5.11 Å². The molecule has 0 heterocycles. The van der Waals surface area contributed by atoms with Crippen LogP contribution in [0.1, 0.15) is 32.1 Å². The highest BCUT2D eigenvalue weighted by molar-refractivity contribution is 5.12. The number of hydrogen-bond donors (Lipinski definition) is 1. The van der Waals surface area contributed by atoms with E-state index in [2.05, 4.69) is 12.0 Å². The molecule has 1 unspecified atom stereocenters. The zero-order valence-corrected chi connectivity index (χ0v) is 6.71. The van der Waals surface area contributed by atoms with Crippen LogP contribution >= 0.6 is 0 Å². The number of aliphatic hydroxyl groups is 1. The van der Waals surface area contributed by atoms with Crippen molar-refractivity contribution in [2.45, 2.75) is 38.2 Å². The monoisotopic (exact) mass is 150 g/mol. The smallest absolute Gasteiger partial charge is 0.0759 e. The van der Waals surface area contributed by atoms with Crippen LogP contribution in [0.4, 0.5) is 0 Å². The topological polar surface area (TPSA) is 20.2 Å². The van der Waals surface area contributed by atoms with Gasteiger partial charge in [-0.3, -0.25) is 0 Å². The molecule has 0 saturated carbocycles. The maximum Gasteiger partial charge on any atom is 0.0759 e. The molecule has 0 aromatic carbocycles. The molecule has 1 rings (SSSR count). The summed E-state index contributed by atoms with van der Waals surface area (Å²) in [5.74, 6) is 2.53. The van der Waals surface area contributed by atoms with Gasteiger partial charge in [-0.25, -0.2) is 0 Å². The van der Waals surface area contributed by atoms with Crippen molar-refractivity contribution in [1.82, 2.24) is 0 Å². The normalized spacial score (nSPS) is 19.1. The Morgan fingerprint density at radius 2 is 2.55 bits per heavy atom. The number of hydrogen-bond acceptors (Lipinski definition) is 1. The third kappa shape index (κ3) is 2.40. The Bertz CT molecular complexity index is 186. The van der Waals surface area contributed by atoms with Crippen molar-refractivity contribution in [3.63, 3.8) is 0 Å². The lowest BCUT2D eigenvalue weighted by atomic mass is 10.1. The molecule has 1 aliphatic rings. The second kappa shape index (κ2) is 4.20. The van der Waals surface area contributed by atoms with E-state index in [-0.39, 0.29) is 6.10 Å². The van der Waals surface area contributed by atoms with Gasteiger partial charge < -0.3 is 5.11 Å². The Morgan fingerprint density at radius 3 is 3.09 bits per heavy atom. The van der Waals surface area contributed by atoms with Crippen molar-refractivity contribution < 1.29 is 5.11 Å².